The number of methoxy groups -OCH3 is 2. The molecular weight excluding hydrogens is 356 g/mol. The van der Waals surface area contributed by atoms with Crippen molar-refractivity contribution in [2.24, 2.45) is 5.10 Å². The molecule has 0 bridgehead atoms. The van der Waals surface area contributed by atoms with Crippen molar-refractivity contribution in [1.82, 2.24) is 15.6 Å². The maximum Gasteiger partial charge on any atom is 0.289 e. The summed E-state index contributed by atoms with van der Waals surface area (Å²) in [4.78, 5) is 12.2. The summed E-state index contributed by atoms with van der Waals surface area (Å²) in [6.07, 6.45) is 5.14. The van der Waals surface area contributed by atoms with Gasteiger partial charge in [0.05, 0.1) is 19.9 Å². The van der Waals surface area contributed by atoms with Gasteiger partial charge >= 0.3 is 0 Å². The normalized spacial score (nSPS) is 11.1. The van der Waals surface area contributed by atoms with Crippen molar-refractivity contribution in [1.29, 1.82) is 0 Å². The molecule has 28 heavy (non-hydrogen) atoms. The van der Waals surface area contributed by atoms with E-state index >= 15 is 0 Å². The number of rotatable bonds is 7. The van der Waals surface area contributed by atoms with Gasteiger partial charge in [-0.25, -0.2) is 5.43 Å². The first kappa shape index (κ1) is 18.9. The minimum atomic E-state index is -0.393. The minimum Gasteiger partial charge on any atom is -0.497 e. The fraction of sp³-hybridized carbons (Fsp3) is 0.0952. The van der Waals surface area contributed by atoms with Gasteiger partial charge in [-0.2, -0.15) is 10.2 Å². The first-order valence-electron chi connectivity index (χ1n) is 8.54. The van der Waals surface area contributed by atoms with Crippen LogP contribution < -0.4 is 14.9 Å². The molecule has 0 saturated heterocycles. The van der Waals surface area contributed by atoms with Gasteiger partial charge in [0.25, 0.3) is 5.91 Å². The second kappa shape index (κ2) is 9.18. The van der Waals surface area contributed by atoms with Crippen molar-refractivity contribution in [3.05, 3.63) is 71.9 Å². The molecule has 2 N–H and O–H groups in total. The van der Waals surface area contributed by atoms with Gasteiger partial charge in [0, 0.05) is 17.8 Å². The van der Waals surface area contributed by atoms with E-state index in [-0.39, 0.29) is 5.69 Å². The number of H-pyrrole nitrogens is 1. The van der Waals surface area contributed by atoms with E-state index in [1.54, 1.807) is 38.5 Å². The lowest BCUT2D eigenvalue weighted by atomic mass is 10.1. The fourth-order valence-electron chi connectivity index (χ4n) is 2.50. The predicted octanol–water partition coefficient (Wildman–Crippen LogP) is 3.52. The van der Waals surface area contributed by atoms with E-state index in [2.05, 4.69) is 20.7 Å². The molecule has 1 aromatic heterocycles. The third kappa shape index (κ3) is 4.64. The molecule has 3 aromatic rings. The summed E-state index contributed by atoms with van der Waals surface area (Å²) < 4.78 is 10.6. The number of nitrogens with zero attached hydrogens (tertiary/aromatic N) is 2. The third-order valence-corrected chi connectivity index (χ3v) is 3.92. The maximum absolute atomic E-state index is 12.2. The van der Waals surface area contributed by atoms with Gasteiger partial charge in [-0.3, -0.25) is 9.89 Å². The first-order valence-corrected chi connectivity index (χ1v) is 8.54. The van der Waals surface area contributed by atoms with Crippen LogP contribution in [0, 0.1) is 0 Å². The molecule has 0 unspecified atom stereocenters. The number of hydrogen-bond acceptors (Lipinski definition) is 5. The lowest BCUT2D eigenvalue weighted by molar-refractivity contribution is 0.0950. The Kier molecular flexibility index (Phi) is 6.20. The van der Waals surface area contributed by atoms with Crippen LogP contribution in [0.25, 0.3) is 17.3 Å². The number of amides is 1. The lowest BCUT2D eigenvalue weighted by Crippen LogP contribution is -2.17. The number of aromatic amines is 1. The van der Waals surface area contributed by atoms with Crippen LogP contribution in [-0.2, 0) is 0 Å². The van der Waals surface area contributed by atoms with E-state index in [4.69, 9.17) is 9.47 Å². The Bertz CT molecular complexity index is 994. The molecule has 2 aromatic carbocycles. The Balaban J connectivity index is 1.64. The van der Waals surface area contributed by atoms with Crippen LogP contribution >= 0.6 is 0 Å². The molecule has 7 heteroatoms. The molecule has 0 atom stereocenters. The molecule has 7 nitrogen and oxygen atoms in total. The van der Waals surface area contributed by atoms with Crippen molar-refractivity contribution in [2.45, 2.75) is 0 Å². The zero-order chi connectivity index (χ0) is 19.8. The van der Waals surface area contributed by atoms with Crippen molar-refractivity contribution in [3.63, 3.8) is 0 Å². The highest BCUT2D eigenvalue weighted by Crippen LogP contribution is 2.32. The average Bonchev–Trinajstić information content (AvgIpc) is 3.23. The Morgan fingerprint density at radius 2 is 1.93 bits per heavy atom. The van der Waals surface area contributed by atoms with Gasteiger partial charge in [0.15, 0.2) is 0 Å². The quantitative estimate of drug-likeness (QED) is 0.488. The van der Waals surface area contributed by atoms with Crippen molar-refractivity contribution >= 4 is 18.2 Å². The Hall–Kier alpha value is -3.87. The van der Waals surface area contributed by atoms with Crippen LogP contribution in [0.15, 0.2) is 65.8 Å². The van der Waals surface area contributed by atoms with E-state index < -0.39 is 5.91 Å². The van der Waals surface area contributed by atoms with E-state index in [0.717, 1.165) is 11.1 Å². The topological polar surface area (TPSA) is 88.6 Å². The van der Waals surface area contributed by atoms with Crippen LogP contribution in [0.5, 0.6) is 11.5 Å². The van der Waals surface area contributed by atoms with E-state index in [1.807, 2.05) is 42.5 Å². The first-order chi connectivity index (χ1) is 13.7. The Morgan fingerprint density at radius 1 is 1.11 bits per heavy atom. The predicted molar refractivity (Wildman–Crippen MR) is 109 cm³/mol. The molecular formula is C21H20N4O3. The molecule has 1 heterocycles. The maximum atomic E-state index is 12.2. The SMILES string of the molecule is COc1ccc(-c2cc(C(=O)N/N=C/C=C/c3ccccc3)[nH]n2)c(OC)c1. The number of hydrogen-bond donors (Lipinski definition) is 2. The largest absolute Gasteiger partial charge is 0.497 e. The molecule has 3 rings (SSSR count). The molecule has 0 radical (unpaired) electrons. The summed E-state index contributed by atoms with van der Waals surface area (Å²) in [5.74, 6) is 0.879. The highest BCUT2D eigenvalue weighted by Gasteiger charge is 2.14. The highest BCUT2D eigenvalue weighted by atomic mass is 16.5. The summed E-state index contributed by atoms with van der Waals surface area (Å²) in [5, 5.41) is 10.8. The number of nitrogens with one attached hydrogen (secondary N) is 2. The number of carbonyl (C=O) groups excluding carboxylic acids is 1. The molecule has 1 amide bonds. The van der Waals surface area contributed by atoms with Gasteiger partial charge in [0.2, 0.25) is 0 Å². The highest BCUT2D eigenvalue weighted by molar-refractivity contribution is 5.94. The number of ether oxygens (including phenoxy) is 2. The molecule has 0 aliphatic heterocycles. The van der Waals surface area contributed by atoms with Crippen LogP contribution in [0.2, 0.25) is 0 Å². The smallest absolute Gasteiger partial charge is 0.289 e. The number of carbonyl (C=O) groups is 1. The van der Waals surface area contributed by atoms with Crippen LogP contribution in [-0.4, -0.2) is 36.5 Å². The standard InChI is InChI=1S/C21H20N4O3/c1-27-16-10-11-17(20(13-16)28-2)18-14-19(24-23-18)21(26)25-22-12-6-9-15-7-4-3-5-8-15/h3-14H,1-2H3,(H,23,24)(H,25,26)/b9-6+,22-12+. The molecule has 0 saturated carbocycles. The monoisotopic (exact) mass is 376 g/mol. The third-order valence-electron chi connectivity index (χ3n) is 3.92. The number of benzene rings is 2. The summed E-state index contributed by atoms with van der Waals surface area (Å²) in [6.45, 7) is 0. The second-order valence-electron chi connectivity index (χ2n) is 5.72. The van der Waals surface area contributed by atoms with Gasteiger partial charge in [-0.1, -0.05) is 36.4 Å². The van der Waals surface area contributed by atoms with Gasteiger partial charge in [-0.15, -0.1) is 0 Å². The van der Waals surface area contributed by atoms with Crippen LogP contribution in [0.1, 0.15) is 16.1 Å². The number of aromatic nitrogens is 2. The van der Waals surface area contributed by atoms with Crippen molar-refractivity contribution in [2.75, 3.05) is 14.2 Å². The lowest BCUT2D eigenvalue weighted by Gasteiger charge is -2.08. The molecule has 0 fully saturated rings. The van der Waals surface area contributed by atoms with Gasteiger partial charge in [0.1, 0.15) is 17.2 Å². The van der Waals surface area contributed by atoms with E-state index in [0.29, 0.717) is 17.2 Å². The van der Waals surface area contributed by atoms with E-state index in [1.165, 1.54) is 6.21 Å². The van der Waals surface area contributed by atoms with Crippen molar-refractivity contribution in [3.8, 4) is 22.8 Å². The zero-order valence-corrected chi connectivity index (χ0v) is 15.5. The summed E-state index contributed by atoms with van der Waals surface area (Å²) >= 11 is 0. The minimum absolute atomic E-state index is 0.289. The number of allylic oxidation sites excluding steroid dienone is 1. The zero-order valence-electron chi connectivity index (χ0n) is 15.5. The summed E-state index contributed by atoms with van der Waals surface area (Å²) in [6, 6.07) is 16.8. The van der Waals surface area contributed by atoms with Gasteiger partial charge in [-0.05, 0) is 29.8 Å². The fourth-order valence-corrected chi connectivity index (χ4v) is 2.50. The Morgan fingerprint density at radius 3 is 2.68 bits per heavy atom. The van der Waals surface area contributed by atoms with Gasteiger partial charge < -0.3 is 9.47 Å². The average molecular weight is 376 g/mol. The molecule has 0 spiro atoms. The number of hydrazone groups is 1. The molecule has 0 aliphatic rings. The van der Waals surface area contributed by atoms with Crippen molar-refractivity contribution < 1.29 is 14.3 Å². The molecule has 0 aliphatic carbocycles. The molecule has 142 valence electrons. The van der Waals surface area contributed by atoms with Crippen LogP contribution in [0.4, 0.5) is 0 Å². The van der Waals surface area contributed by atoms with Crippen LogP contribution in [0.3, 0.4) is 0 Å². The second-order valence-corrected chi connectivity index (χ2v) is 5.72. The summed E-state index contributed by atoms with van der Waals surface area (Å²) in [7, 11) is 3.15. The Labute approximate surface area is 162 Å². The van der Waals surface area contributed by atoms with E-state index in [9.17, 15) is 4.79 Å². The summed E-state index contributed by atoms with van der Waals surface area (Å²) in [5.41, 5.74) is 5.12.